The van der Waals surface area contributed by atoms with Crippen LogP contribution in [0.1, 0.15) is 10.4 Å². The van der Waals surface area contributed by atoms with Gasteiger partial charge >= 0.3 is 0 Å². The Morgan fingerprint density at radius 2 is 2.43 bits per heavy atom. The summed E-state index contributed by atoms with van der Waals surface area (Å²) in [5, 5.41) is 2.95. The minimum Gasteiger partial charge on any atom is -0.376 e. The van der Waals surface area contributed by atoms with E-state index in [2.05, 4.69) is 15.3 Å². The first kappa shape index (κ1) is 8.62. The molecule has 0 unspecified atom stereocenters. The number of aromatic nitrogens is 1. The summed E-state index contributed by atoms with van der Waals surface area (Å²) in [4.78, 5) is 19.6. The van der Waals surface area contributed by atoms with E-state index in [1.807, 2.05) is 0 Å². The molecular weight excluding hydrogens is 178 g/mol. The number of hydrogen-bond donors (Lipinski definition) is 1. The second-order valence-corrected chi connectivity index (χ2v) is 2.83. The number of carbonyl (C=O) groups excluding carboxylic acids is 1. The van der Waals surface area contributed by atoms with Crippen LogP contribution >= 0.6 is 0 Å². The van der Waals surface area contributed by atoms with E-state index in [0.29, 0.717) is 17.8 Å². The van der Waals surface area contributed by atoms with Gasteiger partial charge in [-0.15, -0.1) is 0 Å². The van der Waals surface area contributed by atoms with E-state index in [1.54, 1.807) is 30.7 Å². The predicted molar refractivity (Wildman–Crippen MR) is 53.1 cm³/mol. The number of carbonyl (C=O) groups is 1. The molecule has 2 heterocycles. The molecule has 0 saturated carbocycles. The first-order valence-electron chi connectivity index (χ1n) is 4.28. The van der Waals surface area contributed by atoms with E-state index < -0.39 is 0 Å². The summed E-state index contributed by atoms with van der Waals surface area (Å²) in [5.41, 5.74) is 1.09. The maximum atomic E-state index is 11.8. The topological polar surface area (TPSA) is 54.4 Å². The van der Waals surface area contributed by atoms with Gasteiger partial charge in [-0.3, -0.25) is 14.8 Å². The Bertz CT molecular complexity index is 395. The number of allylic oxidation sites excluding steroid dienone is 1. The molecule has 0 atom stereocenters. The highest BCUT2D eigenvalue weighted by molar-refractivity contribution is 6.08. The van der Waals surface area contributed by atoms with Crippen molar-refractivity contribution in [3.05, 3.63) is 42.0 Å². The van der Waals surface area contributed by atoms with Gasteiger partial charge in [-0.1, -0.05) is 0 Å². The Morgan fingerprint density at radius 1 is 1.50 bits per heavy atom. The number of Topliss-reactive ketones (excluding diaryl/α,β-unsaturated/α-hetero) is 1. The fourth-order valence-electron chi connectivity index (χ4n) is 1.17. The molecule has 0 aliphatic carbocycles. The van der Waals surface area contributed by atoms with Crippen LogP contribution in [0.2, 0.25) is 0 Å². The minimum absolute atomic E-state index is 0.0741. The summed E-state index contributed by atoms with van der Waals surface area (Å²) in [6, 6.07) is 3.47. The summed E-state index contributed by atoms with van der Waals surface area (Å²) in [6.45, 7) is 0.595. The monoisotopic (exact) mass is 187 g/mol. The smallest absolute Gasteiger partial charge is 0.211 e. The van der Waals surface area contributed by atoms with Crippen LogP contribution in [-0.2, 0) is 0 Å². The Labute approximate surface area is 81.4 Å². The SMILES string of the molecule is O=C(C1=CN=CCN1)c1cccnc1. The fraction of sp³-hybridized carbons (Fsp3) is 0.100. The zero-order valence-electron chi connectivity index (χ0n) is 7.47. The van der Waals surface area contributed by atoms with Gasteiger partial charge in [-0.05, 0) is 12.1 Å². The summed E-state index contributed by atoms with van der Waals surface area (Å²) < 4.78 is 0. The van der Waals surface area contributed by atoms with Crippen molar-refractivity contribution in [2.24, 2.45) is 4.99 Å². The largest absolute Gasteiger partial charge is 0.376 e. The maximum Gasteiger partial charge on any atom is 0.211 e. The molecule has 0 bridgehead atoms. The van der Waals surface area contributed by atoms with E-state index in [0.717, 1.165) is 0 Å². The Kier molecular flexibility index (Phi) is 2.36. The molecular formula is C10H9N3O. The van der Waals surface area contributed by atoms with Gasteiger partial charge < -0.3 is 5.32 Å². The molecule has 2 rings (SSSR count). The van der Waals surface area contributed by atoms with Crippen molar-refractivity contribution < 1.29 is 4.79 Å². The summed E-state index contributed by atoms with van der Waals surface area (Å²) in [6.07, 6.45) is 6.42. The van der Waals surface area contributed by atoms with Crippen molar-refractivity contribution in [1.82, 2.24) is 10.3 Å². The van der Waals surface area contributed by atoms with Gasteiger partial charge in [0.15, 0.2) is 0 Å². The molecule has 4 nitrogen and oxygen atoms in total. The molecule has 0 amide bonds. The molecule has 1 aromatic rings. The second kappa shape index (κ2) is 3.83. The highest BCUT2D eigenvalue weighted by atomic mass is 16.1. The van der Waals surface area contributed by atoms with Crippen molar-refractivity contribution in [3.63, 3.8) is 0 Å². The van der Waals surface area contributed by atoms with Crippen LogP contribution in [0.15, 0.2) is 41.4 Å². The van der Waals surface area contributed by atoms with Crippen molar-refractivity contribution in [2.45, 2.75) is 0 Å². The van der Waals surface area contributed by atoms with Gasteiger partial charge in [0.05, 0.1) is 12.7 Å². The zero-order valence-corrected chi connectivity index (χ0v) is 7.47. The lowest BCUT2D eigenvalue weighted by molar-refractivity contribution is 0.102. The van der Waals surface area contributed by atoms with Crippen molar-refractivity contribution >= 4 is 12.0 Å². The van der Waals surface area contributed by atoms with E-state index in [9.17, 15) is 4.79 Å². The molecule has 0 spiro atoms. The van der Waals surface area contributed by atoms with E-state index in [1.165, 1.54) is 6.20 Å². The van der Waals surface area contributed by atoms with Crippen LogP contribution in [-0.4, -0.2) is 23.5 Å². The average molecular weight is 187 g/mol. The van der Waals surface area contributed by atoms with Crippen LogP contribution in [0.25, 0.3) is 0 Å². The van der Waals surface area contributed by atoms with E-state index in [-0.39, 0.29) is 5.78 Å². The molecule has 0 radical (unpaired) electrons. The maximum absolute atomic E-state index is 11.8. The van der Waals surface area contributed by atoms with Gasteiger partial charge in [0.25, 0.3) is 0 Å². The standard InChI is InChI=1S/C10H9N3O/c14-10(8-2-1-3-11-6-8)9-7-12-4-5-13-9/h1-4,6-7,13H,5H2. The molecule has 1 aliphatic rings. The van der Waals surface area contributed by atoms with Gasteiger partial charge in [0, 0.05) is 24.2 Å². The first-order valence-corrected chi connectivity index (χ1v) is 4.28. The van der Waals surface area contributed by atoms with Gasteiger partial charge in [-0.25, -0.2) is 0 Å². The van der Waals surface area contributed by atoms with Crippen molar-refractivity contribution in [3.8, 4) is 0 Å². The number of rotatable bonds is 2. The molecule has 0 saturated heterocycles. The van der Waals surface area contributed by atoms with Gasteiger partial charge in [0.1, 0.15) is 5.70 Å². The number of ketones is 1. The molecule has 0 aromatic carbocycles. The minimum atomic E-state index is -0.0741. The molecule has 70 valence electrons. The van der Waals surface area contributed by atoms with Crippen LogP contribution in [0.5, 0.6) is 0 Å². The number of nitrogens with zero attached hydrogens (tertiary/aromatic N) is 2. The summed E-state index contributed by atoms with van der Waals surface area (Å²) >= 11 is 0. The normalized spacial score (nSPS) is 14.4. The van der Waals surface area contributed by atoms with Crippen molar-refractivity contribution in [1.29, 1.82) is 0 Å². The highest BCUT2D eigenvalue weighted by Crippen LogP contribution is 2.05. The second-order valence-electron chi connectivity index (χ2n) is 2.83. The third kappa shape index (κ3) is 1.69. The average Bonchev–Trinajstić information content (AvgIpc) is 2.30. The van der Waals surface area contributed by atoms with Gasteiger partial charge in [0.2, 0.25) is 5.78 Å². The van der Waals surface area contributed by atoms with Crippen molar-refractivity contribution in [2.75, 3.05) is 6.54 Å². The fourth-order valence-corrected chi connectivity index (χ4v) is 1.17. The predicted octanol–water partition coefficient (Wildman–Crippen LogP) is 0.780. The Hall–Kier alpha value is -1.97. The molecule has 14 heavy (non-hydrogen) atoms. The number of aliphatic imine (C=N–C) groups is 1. The summed E-state index contributed by atoms with van der Waals surface area (Å²) in [7, 11) is 0. The third-order valence-electron chi connectivity index (χ3n) is 1.86. The highest BCUT2D eigenvalue weighted by Gasteiger charge is 2.12. The molecule has 1 N–H and O–H groups in total. The molecule has 1 aromatic heterocycles. The lowest BCUT2D eigenvalue weighted by Crippen LogP contribution is -2.24. The first-order chi connectivity index (χ1) is 6.88. The van der Waals surface area contributed by atoms with Gasteiger partial charge in [-0.2, -0.15) is 0 Å². The third-order valence-corrected chi connectivity index (χ3v) is 1.86. The Morgan fingerprint density at radius 3 is 3.07 bits per heavy atom. The molecule has 0 fully saturated rings. The number of pyridine rings is 1. The Balaban J connectivity index is 2.24. The lowest BCUT2D eigenvalue weighted by atomic mass is 10.1. The van der Waals surface area contributed by atoms with E-state index >= 15 is 0 Å². The number of hydrogen-bond acceptors (Lipinski definition) is 4. The lowest BCUT2D eigenvalue weighted by Gasteiger charge is -2.09. The number of nitrogens with one attached hydrogen (secondary N) is 1. The van der Waals surface area contributed by atoms with Crippen LogP contribution in [0.3, 0.4) is 0 Å². The quantitative estimate of drug-likeness (QED) is 0.696. The van der Waals surface area contributed by atoms with Crippen LogP contribution in [0.4, 0.5) is 0 Å². The van der Waals surface area contributed by atoms with Crippen LogP contribution in [0, 0.1) is 0 Å². The van der Waals surface area contributed by atoms with E-state index in [4.69, 9.17) is 0 Å². The molecule has 1 aliphatic heterocycles. The zero-order chi connectivity index (χ0) is 9.80. The summed E-state index contributed by atoms with van der Waals surface area (Å²) in [5.74, 6) is -0.0741. The van der Waals surface area contributed by atoms with Crippen LogP contribution < -0.4 is 5.32 Å². The molecule has 4 heteroatoms.